The molecule has 180 valence electrons. The van der Waals surface area contributed by atoms with Gasteiger partial charge in [0.25, 0.3) is 17.3 Å². The first-order chi connectivity index (χ1) is 16.2. The van der Waals surface area contributed by atoms with Crippen LogP contribution in [0.5, 0.6) is 11.5 Å². The number of hydrogen-bond acceptors (Lipinski definition) is 10. The SMILES string of the molecule is COc1ccc(OC)c2sc(N(CCCN(C)C)C(=O)c3cc([N+](=O)[O-])cc([N+](=O)[O-])c3)nc12. The van der Waals surface area contributed by atoms with Crippen LogP contribution in [0.2, 0.25) is 0 Å². The van der Waals surface area contributed by atoms with Crippen LogP contribution in [0, 0.1) is 20.2 Å². The highest BCUT2D eigenvalue weighted by Crippen LogP contribution is 2.40. The number of aromatic nitrogens is 1. The Balaban J connectivity index is 2.13. The number of nitro benzene ring substituents is 2. The van der Waals surface area contributed by atoms with Crippen LogP contribution in [0.1, 0.15) is 16.8 Å². The number of anilines is 1. The maximum Gasteiger partial charge on any atom is 0.277 e. The molecule has 0 saturated heterocycles. The van der Waals surface area contributed by atoms with Gasteiger partial charge < -0.3 is 14.4 Å². The summed E-state index contributed by atoms with van der Waals surface area (Å²) in [5.41, 5.74) is -0.766. The van der Waals surface area contributed by atoms with Crippen molar-refractivity contribution in [1.29, 1.82) is 0 Å². The van der Waals surface area contributed by atoms with Crippen LogP contribution in [0.15, 0.2) is 30.3 Å². The van der Waals surface area contributed by atoms with Crippen LogP contribution < -0.4 is 14.4 Å². The summed E-state index contributed by atoms with van der Waals surface area (Å²) in [6.07, 6.45) is 0.569. The van der Waals surface area contributed by atoms with E-state index in [0.29, 0.717) is 39.8 Å². The maximum atomic E-state index is 13.5. The number of methoxy groups -OCH3 is 2. The standard InChI is InChI=1S/C21H23N5O7S/c1-23(2)8-5-9-24(20(27)13-10-14(25(28)29)12-15(11-13)26(30)31)21-22-18-16(32-3)6-7-17(33-4)19(18)34-21/h6-7,10-12H,5,8-9H2,1-4H3. The molecule has 0 atom stereocenters. The zero-order chi connectivity index (χ0) is 25.0. The van der Waals surface area contributed by atoms with E-state index in [0.717, 1.165) is 18.2 Å². The number of ether oxygens (including phenoxy) is 2. The molecule has 0 N–H and O–H groups in total. The number of rotatable bonds is 10. The molecule has 1 aromatic heterocycles. The van der Waals surface area contributed by atoms with Crippen molar-refractivity contribution in [2.24, 2.45) is 0 Å². The fourth-order valence-corrected chi connectivity index (χ4v) is 4.40. The molecule has 13 heteroatoms. The van der Waals surface area contributed by atoms with E-state index >= 15 is 0 Å². The summed E-state index contributed by atoms with van der Waals surface area (Å²) >= 11 is 1.20. The molecule has 0 bridgehead atoms. The normalized spacial score (nSPS) is 11.0. The van der Waals surface area contributed by atoms with Crippen LogP contribution in [0.4, 0.5) is 16.5 Å². The van der Waals surface area contributed by atoms with E-state index in [4.69, 9.17) is 9.47 Å². The van der Waals surface area contributed by atoms with Gasteiger partial charge in [-0.2, -0.15) is 0 Å². The Morgan fingerprint density at radius 1 is 1.00 bits per heavy atom. The average Bonchev–Trinajstić information content (AvgIpc) is 3.25. The van der Waals surface area contributed by atoms with E-state index in [9.17, 15) is 25.0 Å². The van der Waals surface area contributed by atoms with Crippen LogP contribution in [0.3, 0.4) is 0 Å². The smallest absolute Gasteiger partial charge is 0.277 e. The van der Waals surface area contributed by atoms with Gasteiger partial charge in [-0.3, -0.25) is 29.9 Å². The molecule has 12 nitrogen and oxygen atoms in total. The molecule has 0 saturated carbocycles. The molecular weight excluding hydrogens is 466 g/mol. The quantitative estimate of drug-likeness (QED) is 0.307. The number of nitrogens with zero attached hydrogens (tertiary/aromatic N) is 5. The first-order valence-corrected chi connectivity index (χ1v) is 10.9. The maximum absolute atomic E-state index is 13.5. The molecule has 1 amide bonds. The van der Waals surface area contributed by atoms with Gasteiger partial charge in [-0.05, 0) is 39.2 Å². The molecule has 34 heavy (non-hydrogen) atoms. The number of fused-ring (bicyclic) bond motifs is 1. The van der Waals surface area contributed by atoms with Crippen molar-refractivity contribution in [3.63, 3.8) is 0 Å². The lowest BCUT2D eigenvalue weighted by atomic mass is 10.1. The van der Waals surface area contributed by atoms with Crippen molar-refractivity contribution < 1.29 is 24.1 Å². The molecule has 0 unspecified atom stereocenters. The topological polar surface area (TPSA) is 141 Å². The van der Waals surface area contributed by atoms with Gasteiger partial charge in [-0.15, -0.1) is 0 Å². The van der Waals surface area contributed by atoms with E-state index < -0.39 is 27.1 Å². The van der Waals surface area contributed by atoms with Gasteiger partial charge in [0.2, 0.25) is 0 Å². The molecule has 0 radical (unpaired) electrons. The summed E-state index contributed by atoms with van der Waals surface area (Å²) in [6, 6.07) is 6.31. The molecule has 0 spiro atoms. The zero-order valence-corrected chi connectivity index (χ0v) is 19.8. The molecule has 1 heterocycles. The van der Waals surface area contributed by atoms with Crippen LogP contribution in [-0.2, 0) is 0 Å². The number of non-ortho nitro benzene ring substituents is 2. The summed E-state index contributed by atoms with van der Waals surface area (Å²) in [5, 5.41) is 22.9. The summed E-state index contributed by atoms with van der Waals surface area (Å²) in [6.45, 7) is 0.897. The highest BCUT2D eigenvalue weighted by Gasteiger charge is 2.27. The van der Waals surface area contributed by atoms with Crippen molar-refractivity contribution in [3.8, 4) is 11.5 Å². The lowest BCUT2D eigenvalue weighted by molar-refractivity contribution is -0.394. The Morgan fingerprint density at radius 2 is 1.59 bits per heavy atom. The second-order valence-electron chi connectivity index (χ2n) is 7.51. The molecule has 0 aliphatic rings. The summed E-state index contributed by atoms with van der Waals surface area (Å²) in [4.78, 5) is 42.5. The largest absolute Gasteiger partial charge is 0.495 e. The van der Waals surface area contributed by atoms with Crippen LogP contribution in [0.25, 0.3) is 10.2 Å². The van der Waals surface area contributed by atoms with Gasteiger partial charge >= 0.3 is 0 Å². The molecule has 2 aromatic carbocycles. The van der Waals surface area contributed by atoms with E-state index in [2.05, 4.69) is 4.98 Å². The second-order valence-corrected chi connectivity index (χ2v) is 8.49. The van der Waals surface area contributed by atoms with Crippen LogP contribution in [-0.4, -0.2) is 67.0 Å². The molecule has 3 rings (SSSR count). The number of hydrogen-bond donors (Lipinski definition) is 0. The fourth-order valence-electron chi connectivity index (χ4n) is 3.30. The minimum absolute atomic E-state index is 0.177. The lowest BCUT2D eigenvalue weighted by Gasteiger charge is -2.21. The molecular formula is C21H23N5O7S. The Bertz CT molecular complexity index is 1170. The zero-order valence-electron chi connectivity index (χ0n) is 19.0. The van der Waals surface area contributed by atoms with Crippen molar-refractivity contribution in [2.75, 3.05) is 46.3 Å². The fraction of sp³-hybridized carbons (Fsp3) is 0.333. The number of amides is 1. The predicted molar refractivity (Wildman–Crippen MR) is 127 cm³/mol. The monoisotopic (exact) mass is 489 g/mol. The van der Waals surface area contributed by atoms with E-state index in [-0.39, 0.29) is 12.1 Å². The Morgan fingerprint density at radius 3 is 2.12 bits per heavy atom. The average molecular weight is 490 g/mol. The molecule has 0 aliphatic carbocycles. The van der Waals surface area contributed by atoms with E-state index in [1.165, 1.54) is 30.5 Å². The van der Waals surface area contributed by atoms with Gasteiger partial charge in [0, 0.05) is 18.7 Å². The Labute approximate surface area is 198 Å². The number of carbonyl (C=O) groups excluding carboxylic acids is 1. The summed E-state index contributed by atoms with van der Waals surface area (Å²) < 4.78 is 11.5. The van der Waals surface area contributed by atoms with Gasteiger partial charge in [0.05, 0.1) is 35.7 Å². The second kappa shape index (κ2) is 10.4. The Kier molecular flexibility index (Phi) is 7.58. The van der Waals surface area contributed by atoms with Gasteiger partial charge in [-0.1, -0.05) is 11.3 Å². The number of nitro groups is 2. The molecule has 0 fully saturated rings. The number of carbonyl (C=O) groups is 1. The first-order valence-electron chi connectivity index (χ1n) is 10.1. The van der Waals surface area contributed by atoms with Crippen molar-refractivity contribution >= 4 is 44.0 Å². The minimum Gasteiger partial charge on any atom is -0.495 e. The highest BCUT2D eigenvalue weighted by molar-refractivity contribution is 7.22. The van der Waals surface area contributed by atoms with Crippen molar-refractivity contribution in [2.45, 2.75) is 6.42 Å². The predicted octanol–water partition coefficient (Wildman–Crippen LogP) is 3.73. The molecule has 0 aliphatic heterocycles. The third kappa shape index (κ3) is 5.21. The van der Waals surface area contributed by atoms with Crippen molar-refractivity contribution in [3.05, 3.63) is 56.1 Å². The van der Waals surface area contributed by atoms with E-state index in [1.54, 1.807) is 12.1 Å². The Hall–Kier alpha value is -3.84. The van der Waals surface area contributed by atoms with Gasteiger partial charge in [-0.25, -0.2) is 4.98 Å². The first kappa shape index (κ1) is 24.8. The lowest BCUT2D eigenvalue weighted by Crippen LogP contribution is -2.33. The van der Waals surface area contributed by atoms with Crippen molar-refractivity contribution in [1.82, 2.24) is 9.88 Å². The van der Waals surface area contributed by atoms with Crippen LogP contribution >= 0.6 is 11.3 Å². The minimum atomic E-state index is -0.770. The third-order valence-electron chi connectivity index (χ3n) is 4.93. The number of thiazole rings is 1. The third-order valence-corrected chi connectivity index (χ3v) is 6.03. The summed E-state index contributed by atoms with van der Waals surface area (Å²) in [7, 11) is 6.80. The molecule has 3 aromatic rings. The van der Waals surface area contributed by atoms with Gasteiger partial charge in [0.15, 0.2) is 5.13 Å². The van der Waals surface area contributed by atoms with Gasteiger partial charge in [0.1, 0.15) is 21.7 Å². The van der Waals surface area contributed by atoms with E-state index in [1.807, 2.05) is 19.0 Å². The summed E-state index contributed by atoms with van der Waals surface area (Å²) in [5.74, 6) is 0.402. The number of benzene rings is 2. The highest BCUT2D eigenvalue weighted by atomic mass is 32.1.